The van der Waals surface area contributed by atoms with Gasteiger partial charge in [-0.05, 0) is 23.7 Å². The highest BCUT2D eigenvalue weighted by atomic mass is 14.0. The minimum Gasteiger partial charge on any atom is -0.0820 e. The summed E-state index contributed by atoms with van der Waals surface area (Å²) in [7, 11) is 0. The van der Waals surface area contributed by atoms with E-state index < -0.39 is 0 Å². The first kappa shape index (κ1) is 29.5. The van der Waals surface area contributed by atoms with Crippen molar-refractivity contribution >= 4 is 0 Å². The Morgan fingerprint density at radius 1 is 0.545 bits per heavy atom. The third-order valence-corrected chi connectivity index (χ3v) is 2.92. The van der Waals surface area contributed by atoms with E-state index >= 15 is 0 Å². The Morgan fingerprint density at radius 2 is 0.818 bits per heavy atom. The van der Waals surface area contributed by atoms with E-state index in [9.17, 15) is 0 Å². The molecule has 0 aliphatic heterocycles. The highest BCUT2D eigenvalue weighted by Gasteiger charge is 1.95. The molecule has 22 heavy (non-hydrogen) atoms. The highest BCUT2D eigenvalue weighted by Crippen LogP contribution is 2.11. The minimum atomic E-state index is 0. The van der Waals surface area contributed by atoms with E-state index in [4.69, 9.17) is 0 Å². The maximum atomic E-state index is 2.30. The lowest BCUT2D eigenvalue weighted by atomic mass is 10.0. The number of hydrogen-bond acceptors (Lipinski definition) is 0. The molecule has 0 unspecified atom stereocenters. The van der Waals surface area contributed by atoms with Crippen LogP contribution in [0, 0.1) is 23.7 Å². The molecule has 0 radical (unpaired) electrons. The summed E-state index contributed by atoms with van der Waals surface area (Å²) < 4.78 is 0. The van der Waals surface area contributed by atoms with E-state index in [1.807, 2.05) is 0 Å². The van der Waals surface area contributed by atoms with Crippen LogP contribution in [0.4, 0.5) is 0 Å². The standard InChI is InChI=1S/C10H22.C10H18.2CH4/c2*1-9(2)7-5-6-8-10(3)4;;/h9-10H,5-8H2,1-4H3;5-10H,1-4H3;2*1H4/b;7-5-,8-6-;;. The lowest BCUT2D eigenvalue weighted by molar-refractivity contribution is 0.483. The van der Waals surface area contributed by atoms with Crippen LogP contribution < -0.4 is 0 Å². The molecule has 0 atom stereocenters. The molecule has 0 saturated carbocycles. The average molecular weight is 313 g/mol. The zero-order valence-corrected chi connectivity index (χ0v) is 15.4. The molecule has 0 rings (SSSR count). The fourth-order valence-electron chi connectivity index (χ4n) is 1.68. The smallest absolute Gasteiger partial charge is 0.0287 e. The second-order valence-electron chi connectivity index (χ2n) is 7.33. The summed E-state index contributed by atoms with van der Waals surface area (Å²) in [4.78, 5) is 0. The van der Waals surface area contributed by atoms with Gasteiger partial charge < -0.3 is 0 Å². The van der Waals surface area contributed by atoms with Crippen LogP contribution in [0.15, 0.2) is 24.3 Å². The van der Waals surface area contributed by atoms with Crippen LogP contribution in [0.2, 0.25) is 0 Å². The SMILES string of the molecule is C.C.CC(C)/C=C\C=C/C(C)C.CC(C)CCCCC(C)C. The molecular formula is C22H48. The molecule has 0 aromatic carbocycles. The van der Waals surface area contributed by atoms with Crippen LogP contribution in [-0.2, 0) is 0 Å². The second-order valence-corrected chi connectivity index (χ2v) is 7.33. The van der Waals surface area contributed by atoms with E-state index in [1.54, 1.807) is 0 Å². The molecule has 0 heteroatoms. The average Bonchev–Trinajstić information content (AvgIpc) is 2.30. The van der Waals surface area contributed by atoms with Crippen molar-refractivity contribution in [2.24, 2.45) is 23.7 Å². The molecule has 0 N–H and O–H groups in total. The van der Waals surface area contributed by atoms with Gasteiger partial charge in [-0.3, -0.25) is 0 Å². The summed E-state index contributed by atoms with van der Waals surface area (Å²) in [5.74, 6) is 3.12. The van der Waals surface area contributed by atoms with Crippen LogP contribution >= 0.6 is 0 Å². The summed E-state index contributed by atoms with van der Waals surface area (Å²) in [5.41, 5.74) is 0. The number of allylic oxidation sites excluding steroid dienone is 4. The largest absolute Gasteiger partial charge is 0.0820 e. The van der Waals surface area contributed by atoms with Crippen molar-refractivity contribution in [2.45, 2.75) is 95.9 Å². The van der Waals surface area contributed by atoms with E-state index in [1.165, 1.54) is 25.7 Å². The summed E-state index contributed by atoms with van der Waals surface area (Å²) in [6.45, 7) is 17.9. The summed E-state index contributed by atoms with van der Waals surface area (Å²) >= 11 is 0. The van der Waals surface area contributed by atoms with Gasteiger partial charge in [0.05, 0.1) is 0 Å². The number of unbranched alkanes of at least 4 members (excludes halogenated alkanes) is 1. The Kier molecular flexibility index (Phi) is 27.4. The van der Waals surface area contributed by atoms with Gasteiger partial charge in [-0.15, -0.1) is 0 Å². The number of rotatable bonds is 8. The maximum absolute atomic E-state index is 2.30. The second kappa shape index (κ2) is 20.5. The molecule has 0 aliphatic carbocycles. The molecule has 0 aromatic rings. The van der Waals surface area contributed by atoms with Crippen molar-refractivity contribution < 1.29 is 0 Å². The highest BCUT2D eigenvalue weighted by molar-refractivity contribution is 5.04. The number of hydrogen-bond donors (Lipinski definition) is 0. The van der Waals surface area contributed by atoms with Crippen LogP contribution in [0.25, 0.3) is 0 Å². The van der Waals surface area contributed by atoms with Gasteiger partial charge in [-0.1, -0.05) is 120 Å². The first-order valence-electron chi connectivity index (χ1n) is 8.60. The van der Waals surface area contributed by atoms with Gasteiger partial charge in [0, 0.05) is 0 Å². The third kappa shape index (κ3) is 36.6. The molecule has 0 heterocycles. The lowest BCUT2D eigenvalue weighted by Crippen LogP contribution is -1.90. The maximum Gasteiger partial charge on any atom is -0.0287 e. The van der Waals surface area contributed by atoms with Crippen LogP contribution in [-0.4, -0.2) is 0 Å². The molecule has 0 bridgehead atoms. The predicted octanol–water partition coefficient (Wildman–Crippen LogP) is 8.54. The van der Waals surface area contributed by atoms with Crippen LogP contribution in [0.3, 0.4) is 0 Å². The van der Waals surface area contributed by atoms with Gasteiger partial charge in [0.2, 0.25) is 0 Å². The van der Waals surface area contributed by atoms with Crippen molar-refractivity contribution in [1.29, 1.82) is 0 Å². The fourth-order valence-corrected chi connectivity index (χ4v) is 1.68. The zero-order chi connectivity index (χ0) is 16.0. The van der Waals surface area contributed by atoms with Crippen molar-refractivity contribution in [3.63, 3.8) is 0 Å². The minimum absolute atomic E-state index is 0. The van der Waals surface area contributed by atoms with E-state index in [0.717, 1.165) is 11.8 Å². The molecular weight excluding hydrogens is 264 g/mol. The molecule has 0 aromatic heterocycles. The van der Waals surface area contributed by atoms with Crippen molar-refractivity contribution in [3.05, 3.63) is 24.3 Å². The first-order chi connectivity index (χ1) is 9.25. The summed E-state index contributed by atoms with van der Waals surface area (Å²) in [6, 6.07) is 0. The lowest BCUT2D eigenvalue weighted by Gasteiger charge is -2.05. The van der Waals surface area contributed by atoms with Crippen molar-refractivity contribution in [1.82, 2.24) is 0 Å². The normalized spacial score (nSPS) is 11.1. The molecule has 0 spiro atoms. The van der Waals surface area contributed by atoms with Gasteiger partial charge in [0.15, 0.2) is 0 Å². The Balaban J connectivity index is -0.000000135. The van der Waals surface area contributed by atoms with Crippen molar-refractivity contribution in [3.8, 4) is 0 Å². The summed E-state index contributed by atoms with van der Waals surface area (Å²) in [6.07, 6.45) is 14.3. The molecule has 0 saturated heterocycles. The van der Waals surface area contributed by atoms with Gasteiger partial charge in [0.1, 0.15) is 0 Å². The molecule has 0 nitrogen and oxygen atoms in total. The molecule has 0 amide bonds. The van der Waals surface area contributed by atoms with Crippen LogP contribution in [0.5, 0.6) is 0 Å². The van der Waals surface area contributed by atoms with Gasteiger partial charge in [-0.25, -0.2) is 0 Å². The van der Waals surface area contributed by atoms with Crippen LogP contribution in [0.1, 0.15) is 95.9 Å². The first-order valence-corrected chi connectivity index (χ1v) is 8.60. The zero-order valence-electron chi connectivity index (χ0n) is 15.4. The van der Waals surface area contributed by atoms with Gasteiger partial charge >= 0.3 is 0 Å². The third-order valence-electron chi connectivity index (χ3n) is 2.92. The molecule has 0 aliphatic rings. The Bertz CT molecular complexity index is 202. The Morgan fingerprint density at radius 3 is 1.00 bits per heavy atom. The van der Waals surface area contributed by atoms with E-state index in [0.29, 0.717) is 11.8 Å². The molecule has 136 valence electrons. The quantitative estimate of drug-likeness (QED) is 0.311. The Hall–Kier alpha value is -0.520. The van der Waals surface area contributed by atoms with Crippen molar-refractivity contribution in [2.75, 3.05) is 0 Å². The Labute approximate surface area is 144 Å². The predicted molar refractivity (Wildman–Crippen MR) is 110 cm³/mol. The van der Waals surface area contributed by atoms with E-state index in [2.05, 4.69) is 79.7 Å². The summed E-state index contributed by atoms with van der Waals surface area (Å²) in [5, 5.41) is 0. The molecule has 0 fully saturated rings. The van der Waals surface area contributed by atoms with Gasteiger partial charge in [0.25, 0.3) is 0 Å². The van der Waals surface area contributed by atoms with Gasteiger partial charge in [-0.2, -0.15) is 0 Å². The monoisotopic (exact) mass is 312 g/mol. The topological polar surface area (TPSA) is 0 Å². The fraction of sp³-hybridized carbons (Fsp3) is 0.818. The van der Waals surface area contributed by atoms with E-state index in [-0.39, 0.29) is 14.9 Å².